The highest BCUT2D eigenvalue weighted by atomic mass is 32.1. The van der Waals surface area contributed by atoms with Gasteiger partial charge in [-0.25, -0.2) is 0 Å². The molecular weight excluding hydrogens is 793 g/mol. The van der Waals surface area contributed by atoms with Gasteiger partial charge in [-0.05, 0) is 105 Å². The Morgan fingerprint density at radius 1 is 0.391 bits per heavy atom. The van der Waals surface area contributed by atoms with Crippen LogP contribution in [-0.2, 0) is 5.41 Å². The van der Waals surface area contributed by atoms with Gasteiger partial charge in [-0.3, -0.25) is 0 Å². The summed E-state index contributed by atoms with van der Waals surface area (Å²) in [7, 11) is 0. The number of hydrogen-bond acceptors (Lipinski definition) is 2. The van der Waals surface area contributed by atoms with E-state index in [9.17, 15) is 0 Å². The summed E-state index contributed by atoms with van der Waals surface area (Å²) in [6.45, 7) is 0. The van der Waals surface area contributed by atoms with Crippen LogP contribution in [0.1, 0.15) is 22.3 Å². The van der Waals surface area contributed by atoms with Crippen molar-refractivity contribution >= 4 is 70.4 Å². The number of benzene rings is 10. The molecule has 14 rings (SSSR count). The number of hydrogen-bond donors (Lipinski definition) is 0. The van der Waals surface area contributed by atoms with E-state index in [2.05, 4.69) is 240 Å². The molecule has 1 spiro atoms. The minimum atomic E-state index is -0.447. The van der Waals surface area contributed by atoms with Crippen LogP contribution in [-0.4, -0.2) is 4.57 Å². The number of fused-ring (bicyclic) bond motifs is 17. The van der Waals surface area contributed by atoms with Gasteiger partial charge in [0, 0.05) is 53.6 Å². The maximum atomic E-state index is 2.51. The molecule has 2 aliphatic rings. The van der Waals surface area contributed by atoms with Crippen molar-refractivity contribution in [2.24, 2.45) is 0 Å². The predicted molar refractivity (Wildman–Crippen MR) is 270 cm³/mol. The fraction of sp³-hybridized carbons (Fsp3) is 0.0164. The highest BCUT2D eigenvalue weighted by Crippen LogP contribution is 2.64. The first-order valence-electron chi connectivity index (χ1n) is 22.1. The van der Waals surface area contributed by atoms with E-state index >= 15 is 0 Å². The van der Waals surface area contributed by atoms with Crippen molar-refractivity contribution in [2.75, 3.05) is 4.90 Å². The molecule has 0 radical (unpaired) electrons. The summed E-state index contributed by atoms with van der Waals surface area (Å²) in [6, 6.07) is 85.7. The summed E-state index contributed by atoms with van der Waals surface area (Å²) in [6.07, 6.45) is 0. The van der Waals surface area contributed by atoms with Gasteiger partial charge in [-0.15, -0.1) is 11.3 Å². The fourth-order valence-electron chi connectivity index (χ4n) is 11.4. The Morgan fingerprint density at radius 3 is 1.72 bits per heavy atom. The van der Waals surface area contributed by atoms with Gasteiger partial charge in [0.05, 0.1) is 22.1 Å². The summed E-state index contributed by atoms with van der Waals surface area (Å²) in [5.74, 6) is 0. The smallest absolute Gasteiger partial charge is 0.0726 e. The Kier molecular flexibility index (Phi) is 7.51. The van der Waals surface area contributed by atoms with Crippen molar-refractivity contribution in [1.82, 2.24) is 4.57 Å². The Bertz CT molecular complexity index is 3790. The van der Waals surface area contributed by atoms with E-state index in [1.807, 2.05) is 11.3 Å². The SMILES string of the molecule is c1ccc(-c2ccc(N(c3ccc4c5c6sc7ccccc7c6ccc5n(-c5ccccc5)c4c3)c3cccc4c3-c3ccccc3C43c4ccccc4-c4ccccc43)cc2)cc1. The van der Waals surface area contributed by atoms with Gasteiger partial charge in [-0.2, -0.15) is 0 Å². The molecule has 3 heteroatoms. The summed E-state index contributed by atoms with van der Waals surface area (Å²) in [4.78, 5) is 2.51. The highest BCUT2D eigenvalue weighted by molar-refractivity contribution is 7.26. The number of aromatic nitrogens is 1. The highest BCUT2D eigenvalue weighted by Gasteiger charge is 2.52. The molecule has 0 unspecified atom stereocenters. The summed E-state index contributed by atoms with van der Waals surface area (Å²) < 4.78 is 5.12. The molecule has 2 heterocycles. The zero-order valence-electron chi connectivity index (χ0n) is 34.7. The Morgan fingerprint density at radius 2 is 0.969 bits per heavy atom. The summed E-state index contributed by atoms with van der Waals surface area (Å²) >= 11 is 1.90. The number of anilines is 3. The molecule has 64 heavy (non-hydrogen) atoms. The van der Waals surface area contributed by atoms with Gasteiger partial charge in [0.25, 0.3) is 0 Å². The molecule has 0 aliphatic heterocycles. The van der Waals surface area contributed by atoms with Crippen LogP contribution in [0.3, 0.4) is 0 Å². The molecule has 0 N–H and O–H groups in total. The van der Waals surface area contributed by atoms with Crippen LogP contribution in [0.5, 0.6) is 0 Å². The van der Waals surface area contributed by atoms with Gasteiger partial charge in [0.1, 0.15) is 0 Å². The second-order valence-electron chi connectivity index (χ2n) is 17.1. The van der Waals surface area contributed by atoms with E-state index < -0.39 is 5.41 Å². The third-order valence-electron chi connectivity index (χ3n) is 14.0. The minimum Gasteiger partial charge on any atom is -0.310 e. The zero-order valence-corrected chi connectivity index (χ0v) is 35.6. The third-order valence-corrected chi connectivity index (χ3v) is 15.2. The molecule has 10 aromatic carbocycles. The van der Waals surface area contributed by atoms with Crippen LogP contribution >= 0.6 is 11.3 Å². The van der Waals surface area contributed by atoms with Gasteiger partial charge in [-0.1, -0.05) is 176 Å². The maximum absolute atomic E-state index is 2.51. The van der Waals surface area contributed by atoms with Crippen LogP contribution < -0.4 is 4.90 Å². The molecule has 0 amide bonds. The van der Waals surface area contributed by atoms with E-state index in [0.29, 0.717) is 0 Å². The van der Waals surface area contributed by atoms with Crippen molar-refractivity contribution in [2.45, 2.75) is 5.41 Å². The van der Waals surface area contributed by atoms with Crippen molar-refractivity contribution < 1.29 is 0 Å². The molecule has 0 bridgehead atoms. The first-order chi connectivity index (χ1) is 31.8. The molecule has 12 aromatic rings. The molecule has 2 aliphatic carbocycles. The lowest BCUT2D eigenvalue weighted by Crippen LogP contribution is -2.26. The Balaban J connectivity index is 1.07. The average Bonchev–Trinajstić information content (AvgIpc) is 4.09. The van der Waals surface area contributed by atoms with Crippen molar-refractivity contribution in [3.63, 3.8) is 0 Å². The third kappa shape index (κ3) is 4.79. The molecule has 0 fully saturated rings. The topological polar surface area (TPSA) is 8.17 Å². The van der Waals surface area contributed by atoms with Crippen LogP contribution in [0.25, 0.3) is 81.0 Å². The van der Waals surface area contributed by atoms with E-state index in [1.165, 1.54) is 97.6 Å². The largest absolute Gasteiger partial charge is 0.310 e. The second kappa shape index (κ2) is 13.5. The van der Waals surface area contributed by atoms with Crippen LogP contribution in [0.15, 0.2) is 231 Å². The first-order valence-corrected chi connectivity index (χ1v) is 22.9. The molecule has 2 nitrogen and oxygen atoms in total. The van der Waals surface area contributed by atoms with Crippen LogP contribution in [0.4, 0.5) is 17.1 Å². The van der Waals surface area contributed by atoms with Crippen LogP contribution in [0.2, 0.25) is 0 Å². The number of rotatable bonds is 5. The van der Waals surface area contributed by atoms with Gasteiger partial charge >= 0.3 is 0 Å². The molecule has 0 saturated heterocycles. The average molecular weight is 831 g/mol. The monoisotopic (exact) mass is 830 g/mol. The first kappa shape index (κ1) is 35.6. The zero-order chi connectivity index (χ0) is 41.9. The second-order valence-corrected chi connectivity index (χ2v) is 18.2. The fourth-order valence-corrected chi connectivity index (χ4v) is 12.7. The summed E-state index contributed by atoms with van der Waals surface area (Å²) in [5.41, 5.74) is 19.4. The molecule has 0 saturated carbocycles. The van der Waals surface area contributed by atoms with Gasteiger partial charge in [0.2, 0.25) is 0 Å². The molecule has 0 atom stereocenters. The van der Waals surface area contributed by atoms with E-state index in [1.54, 1.807) is 0 Å². The molecular formula is C61H38N2S. The molecule has 298 valence electrons. The Hall–Kier alpha value is -7.98. The van der Waals surface area contributed by atoms with Crippen molar-refractivity contribution in [3.05, 3.63) is 253 Å². The van der Waals surface area contributed by atoms with Gasteiger partial charge < -0.3 is 9.47 Å². The van der Waals surface area contributed by atoms with E-state index in [4.69, 9.17) is 0 Å². The maximum Gasteiger partial charge on any atom is 0.0726 e. The minimum absolute atomic E-state index is 0.447. The van der Waals surface area contributed by atoms with Gasteiger partial charge in [0.15, 0.2) is 0 Å². The summed E-state index contributed by atoms with van der Waals surface area (Å²) in [5, 5.41) is 5.18. The van der Waals surface area contributed by atoms with E-state index in [-0.39, 0.29) is 0 Å². The van der Waals surface area contributed by atoms with Crippen molar-refractivity contribution in [1.29, 1.82) is 0 Å². The lowest BCUT2D eigenvalue weighted by atomic mass is 9.70. The molecule has 2 aromatic heterocycles. The number of thiophene rings is 1. The lowest BCUT2D eigenvalue weighted by molar-refractivity contribution is 0.794. The van der Waals surface area contributed by atoms with Crippen LogP contribution in [0, 0.1) is 0 Å². The lowest BCUT2D eigenvalue weighted by Gasteiger charge is -2.32. The standard InChI is InChI=1S/C61H38N2S/c1-3-16-39(17-4-1)40-30-32-42(33-31-40)62(54-28-15-27-53-58(54)48-23-9-13-26-52(48)61(53)50-24-11-7-20-44(50)45-21-8-12-25-51(45)61)43-34-35-49-56(38-43)63(41-18-5-2-6-19-41)55-37-36-47-46-22-10-14-29-57(46)64-60(47)59(49)55/h1-38H. The number of nitrogens with zero attached hydrogens (tertiary/aromatic N) is 2. The van der Waals surface area contributed by atoms with Crippen molar-refractivity contribution in [3.8, 4) is 39.1 Å². The number of para-hydroxylation sites is 1. The predicted octanol–water partition coefficient (Wildman–Crippen LogP) is 16.6. The van der Waals surface area contributed by atoms with E-state index in [0.717, 1.165) is 22.7 Å². The Labute approximate surface area is 375 Å². The quantitative estimate of drug-likeness (QED) is 0.168. The normalized spacial score (nSPS) is 13.1.